The van der Waals surface area contributed by atoms with E-state index >= 15 is 0 Å². The fourth-order valence-electron chi connectivity index (χ4n) is 2.16. The maximum atomic E-state index is 13.3. The highest BCUT2D eigenvalue weighted by Gasteiger charge is 2.28. The van der Waals surface area contributed by atoms with Crippen molar-refractivity contribution in [2.75, 3.05) is 11.5 Å². The van der Waals surface area contributed by atoms with Crippen LogP contribution >= 0.6 is 0 Å². The minimum absolute atomic E-state index is 0.0123. The Labute approximate surface area is 111 Å². The van der Waals surface area contributed by atoms with E-state index in [1.165, 1.54) is 6.07 Å². The van der Waals surface area contributed by atoms with Crippen molar-refractivity contribution < 1.29 is 17.6 Å². The summed E-state index contributed by atoms with van der Waals surface area (Å²) in [6, 6.07) is 6.03. The van der Waals surface area contributed by atoms with Crippen molar-refractivity contribution in [2.45, 2.75) is 25.3 Å². The Kier molecular flexibility index (Phi) is 4.19. The molecule has 0 saturated carbocycles. The first kappa shape index (κ1) is 14.0. The average Bonchev–Trinajstić information content (AvgIpc) is 2.67. The van der Waals surface area contributed by atoms with Gasteiger partial charge in [-0.15, -0.1) is 0 Å². The topological polar surface area (TPSA) is 63.2 Å². The molecule has 1 heterocycles. The molecule has 1 aliphatic heterocycles. The van der Waals surface area contributed by atoms with Crippen molar-refractivity contribution in [3.63, 3.8) is 0 Å². The largest absolute Gasteiger partial charge is 0.352 e. The molecule has 6 heteroatoms. The van der Waals surface area contributed by atoms with E-state index < -0.39 is 9.84 Å². The van der Waals surface area contributed by atoms with Gasteiger partial charge in [0.1, 0.15) is 5.82 Å². The quantitative estimate of drug-likeness (QED) is 0.900. The minimum atomic E-state index is -2.99. The lowest BCUT2D eigenvalue weighted by atomic mass is 10.1. The summed E-state index contributed by atoms with van der Waals surface area (Å²) in [7, 11) is -2.99. The Balaban J connectivity index is 1.81. The molecule has 1 unspecified atom stereocenters. The van der Waals surface area contributed by atoms with Crippen molar-refractivity contribution in [2.24, 2.45) is 0 Å². The van der Waals surface area contributed by atoms with Gasteiger partial charge in [0.15, 0.2) is 9.84 Å². The Hall–Kier alpha value is -1.43. The van der Waals surface area contributed by atoms with E-state index in [9.17, 15) is 17.6 Å². The molecule has 1 N–H and O–H groups in total. The summed E-state index contributed by atoms with van der Waals surface area (Å²) < 4.78 is 35.8. The van der Waals surface area contributed by atoms with Gasteiger partial charge in [-0.25, -0.2) is 12.8 Å². The first-order valence-electron chi connectivity index (χ1n) is 6.19. The summed E-state index contributed by atoms with van der Waals surface area (Å²) in [6.45, 7) is 0. The normalized spacial score (nSPS) is 21.2. The lowest BCUT2D eigenvalue weighted by molar-refractivity contribution is -0.121. The summed E-state index contributed by atoms with van der Waals surface area (Å²) in [5, 5.41) is 2.68. The van der Waals surface area contributed by atoms with E-state index in [1.54, 1.807) is 18.2 Å². The second-order valence-electron chi connectivity index (χ2n) is 4.76. The Morgan fingerprint density at radius 2 is 2.11 bits per heavy atom. The molecule has 1 atom stereocenters. The number of carbonyl (C=O) groups excluding carboxylic acids is 1. The molecule has 0 aromatic heterocycles. The van der Waals surface area contributed by atoms with Crippen molar-refractivity contribution in [1.82, 2.24) is 5.32 Å². The fourth-order valence-corrected chi connectivity index (χ4v) is 3.83. The third-order valence-electron chi connectivity index (χ3n) is 3.18. The number of benzene rings is 1. The lowest BCUT2D eigenvalue weighted by Gasteiger charge is -2.10. The lowest BCUT2D eigenvalue weighted by Crippen LogP contribution is -2.35. The summed E-state index contributed by atoms with van der Waals surface area (Å²) in [5.74, 6) is -0.409. The third kappa shape index (κ3) is 4.02. The number of carbonyl (C=O) groups is 1. The molecule has 2 rings (SSSR count). The van der Waals surface area contributed by atoms with Gasteiger partial charge >= 0.3 is 0 Å². The molecule has 1 fully saturated rings. The molecular formula is C13H16FNO3S. The number of rotatable bonds is 4. The molecule has 104 valence electrons. The molecule has 0 radical (unpaired) electrons. The van der Waals surface area contributed by atoms with Crippen molar-refractivity contribution in [3.05, 3.63) is 35.6 Å². The van der Waals surface area contributed by atoms with Crippen LogP contribution in [-0.4, -0.2) is 31.9 Å². The van der Waals surface area contributed by atoms with Gasteiger partial charge in [0, 0.05) is 12.5 Å². The van der Waals surface area contributed by atoms with E-state index in [4.69, 9.17) is 0 Å². The predicted octanol–water partition coefficient (Wildman–Crippen LogP) is 1.06. The van der Waals surface area contributed by atoms with E-state index in [1.807, 2.05) is 0 Å². The number of amides is 1. The van der Waals surface area contributed by atoms with Gasteiger partial charge < -0.3 is 5.32 Å². The van der Waals surface area contributed by atoms with Crippen LogP contribution < -0.4 is 5.32 Å². The molecule has 1 aliphatic rings. The summed E-state index contributed by atoms with van der Waals surface area (Å²) >= 11 is 0. The Bertz CT molecular complexity index is 571. The van der Waals surface area contributed by atoms with Crippen molar-refractivity contribution in [1.29, 1.82) is 0 Å². The maximum absolute atomic E-state index is 13.3. The van der Waals surface area contributed by atoms with Crippen LogP contribution in [0.5, 0.6) is 0 Å². The summed E-state index contributed by atoms with van der Waals surface area (Å²) in [4.78, 5) is 11.7. The highest BCUT2D eigenvalue weighted by Crippen LogP contribution is 2.12. The number of aryl methyl sites for hydroxylation is 1. The Morgan fingerprint density at radius 1 is 1.37 bits per heavy atom. The van der Waals surface area contributed by atoms with Crippen molar-refractivity contribution >= 4 is 15.7 Å². The molecule has 1 amide bonds. The number of nitrogens with one attached hydrogen (secondary N) is 1. The van der Waals surface area contributed by atoms with E-state index in [-0.39, 0.29) is 35.7 Å². The first-order chi connectivity index (χ1) is 8.96. The van der Waals surface area contributed by atoms with Crippen LogP contribution in [0.3, 0.4) is 0 Å². The average molecular weight is 285 g/mol. The zero-order valence-electron chi connectivity index (χ0n) is 10.4. The van der Waals surface area contributed by atoms with Crippen LogP contribution in [-0.2, 0) is 21.1 Å². The molecule has 19 heavy (non-hydrogen) atoms. The fraction of sp³-hybridized carbons (Fsp3) is 0.462. The van der Waals surface area contributed by atoms with Gasteiger partial charge in [-0.1, -0.05) is 18.2 Å². The second-order valence-corrected chi connectivity index (χ2v) is 6.99. The molecule has 1 aromatic rings. The standard InChI is InChI=1S/C13H16FNO3S/c14-12-4-2-1-3-10(12)5-6-13(16)15-11-7-8-19(17,18)9-11/h1-4,11H,5-9H2,(H,15,16). The van der Waals surface area contributed by atoms with E-state index in [2.05, 4.69) is 5.32 Å². The summed E-state index contributed by atoms with van der Waals surface area (Å²) in [6.07, 6.45) is 0.948. The molecule has 0 bridgehead atoms. The van der Waals surface area contributed by atoms with Gasteiger partial charge in [0.25, 0.3) is 0 Å². The smallest absolute Gasteiger partial charge is 0.220 e. The van der Waals surface area contributed by atoms with Crippen LogP contribution in [0.25, 0.3) is 0 Å². The molecule has 1 aromatic carbocycles. The van der Waals surface area contributed by atoms with E-state index in [0.29, 0.717) is 18.4 Å². The van der Waals surface area contributed by atoms with Gasteiger partial charge in [-0.3, -0.25) is 4.79 Å². The number of hydrogen-bond donors (Lipinski definition) is 1. The molecular weight excluding hydrogens is 269 g/mol. The second kappa shape index (κ2) is 5.69. The van der Waals surface area contributed by atoms with Gasteiger partial charge in [-0.05, 0) is 24.5 Å². The molecule has 0 spiro atoms. The number of hydrogen-bond acceptors (Lipinski definition) is 3. The van der Waals surface area contributed by atoms with Crippen LogP contribution in [0.15, 0.2) is 24.3 Å². The molecule has 1 saturated heterocycles. The number of halogens is 1. The van der Waals surface area contributed by atoms with Crippen LogP contribution in [0.2, 0.25) is 0 Å². The molecule has 0 aliphatic carbocycles. The van der Waals surface area contributed by atoms with E-state index in [0.717, 1.165) is 0 Å². The van der Waals surface area contributed by atoms with Gasteiger partial charge in [-0.2, -0.15) is 0 Å². The highest BCUT2D eigenvalue weighted by atomic mass is 32.2. The predicted molar refractivity (Wildman–Crippen MR) is 69.9 cm³/mol. The first-order valence-corrected chi connectivity index (χ1v) is 8.01. The SMILES string of the molecule is O=C(CCc1ccccc1F)NC1CCS(=O)(=O)C1. The number of sulfone groups is 1. The third-order valence-corrected chi connectivity index (χ3v) is 4.94. The van der Waals surface area contributed by atoms with Crippen LogP contribution in [0.4, 0.5) is 4.39 Å². The van der Waals surface area contributed by atoms with Crippen LogP contribution in [0.1, 0.15) is 18.4 Å². The maximum Gasteiger partial charge on any atom is 0.220 e. The molecule has 4 nitrogen and oxygen atoms in total. The zero-order chi connectivity index (χ0) is 13.9. The minimum Gasteiger partial charge on any atom is -0.352 e. The van der Waals surface area contributed by atoms with Gasteiger partial charge in [0.2, 0.25) is 5.91 Å². The monoisotopic (exact) mass is 285 g/mol. The summed E-state index contributed by atoms with van der Waals surface area (Å²) in [5.41, 5.74) is 0.497. The highest BCUT2D eigenvalue weighted by molar-refractivity contribution is 7.91. The van der Waals surface area contributed by atoms with Crippen molar-refractivity contribution in [3.8, 4) is 0 Å². The zero-order valence-corrected chi connectivity index (χ0v) is 11.2. The van der Waals surface area contributed by atoms with Gasteiger partial charge in [0.05, 0.1) is 11.5 Å². The Morgan fingerprint density at radius 3 is 2.74 bits per heavy atom. The van der Waals surface area contributed by atoms with Crippen LogP contribution in [0, 0.1) is 5.82 Å².